The van der Waals surface area contributed by atoms with Crippen molar-refractivity contribution in [3.05, 3.63) is 72.7 Å². The molecular weight excluding hydrogens is 349 g/mol. The van der Waals surface area contributed by atoms with Crippen LogP contribution in [0.4, 0.5) is 21.2 Å². The van der Waals surface area contributed by atoms with Gasteiger partial charge in [0, 0.05) is 17.4 Å². The van der Waals surface area contributed by atoms with Gasteiger partial charge in [0.25, 0.3) is 0 Å². The SMILES string of the molecule is Nc1nc(-c2ccc(F)cc2)c(-c2ccnc(Nc3ccccc3)n2)s1. The summed E-state index contributed by atoms with van der Waals surface area (Å²) in [4.78, 5) is 14.0. The number of nitrogen functional groups attached to an aromatic ring is 1. The zero-order valence-corrected chi connectivity index (χ0v) is 14.4. The minimum Gasteiger partial charge on any atom is -0.375 e. The van der Waals surface area contributed by atoms with Gasteiger partial charge < -0.3 is 11.1 Å². The average molecular weight is 363 g/mol. The summed E-state index contributed by atoms with van der Waals surface area (Å²) in [6, 6.07) is 17.6. The minimum atomic E-state index is -0.296. The first kappa shape index (κ1) is 16.2. The lowest BCUT2D eigenvalue weighted by Gasteiger charge is -2.06. The molecule has 2 aromatic heterocycles. The Kier molecular flexibility index (Phi) is 4.28. The van der Waals surface area contributed by atoms with Crippen LogP contribution in [-0.2, 0) is 0 Å². The molecule has 0 aliphatic heterocycles. The number of anilines is 3. The van der Waals surface area contributed by atoms with E-state index in [1.807, 2.05) is 30.3 Å². The maximum Gasteiger partial charge on any atom is 0.227 e. The quantitative estimate of drug-likeness (QED) is 0.548. The molecule has 26 heavy (non-hydrogen) atoms. The molecular formula is C19H14FN5S. The molecule has 7 heteroatoms. The van der Waals surface area contributed by atoms with Gasteiger partial charge in [0.15, 0.2) is 5.13 Å². The van der Waals surface area contributed by atoms with Gasteiger partial charge in [-0.05, 0) is 42.5 Å². The average Bonchev–Trinajstić information content (AvgIpc) is 3.05. The molecule has 0 atom stereocenters. The van der Waals surface area contributed by atoms with Crippen LogP contribution in [0.2, 0.25) is 0 Å². The number of aromatic nitrogens is 3. The number of hydrogen-bond donors (Lipinski definition) is 2. The van der Waals surface area contributed by atoms with Crippen molar-refractivity contribution in [2.24, 2.45) is 0 Å². The molecule has 0 saturated carbocycles. The van der Waals surface area contributed by atoms with E-state index in [1.165, 1.54) is 23.5 Å². The molecule has 2 aromatic carbocycles. The van der Waals surface area contributed by atoms with Crippen molar-refractivity contribution in [2.45, 2.75) is 0 Å². The summed E-state index contributed by atoms with van der Waals surface area (Å²) in [5.74, 6) is 0.181. The van der Waals surface area contributed by atoms with E-state index >= 15 is 0 Å². The van der Waals surface area contributed by atoms with Gasteiger partial charge in [-0.3, -0.25) is 0 Å². The van der Waals surface area contributed by atoms with Gasteiger partial charge >= 0.3 is 0 Å². The predicted molar refractivity (Wildman–Crippen MR) is 103 cm³/mol. The molecule has 4 aromatic rings. The Labute approximate surface area is 153 Å². The molecule has 128 valence electrons. The number of benzene rings is 2. The smallest absolute Gasteiger partial charge is 0.227 e. The van der Waals surface area contributed by atoms with E-state index in [9.17, 15) is 4.39 Å². The van der Waals surface area contributed by atoms with E-state index in [4.69, 9.17) is 5.73 Å². The van der Waals surface area contributed by atoms with E-state index in [0.717, 1.165) is 16.1 Å². The summed E-state index contributed by atoms with van der Waals surface area (Å²) in [7, 11) is 0. The van der Waals surface area contributed by atoms with Crippen molar-refractivity contribution in [1.29, 1.82) is 0 Å². The highest BCUT2D eigenvalue weighted by atomic mass is 32.1. The molecule has 2 heterocycles. The van der Waals surface area contributed by atoms with E-state index in [-0.39, 0.29) is 5.82 Å². The Morgan fingerprint density at radius 3 is 2.46 bits per heavy atom. The van der Waals surface area contributed by atoms with E-state index in [1.54, 1.807) is 24.4 Å². The summed E-state index contributed by atoms with van der Waals surface area (Å²) in [6.45, 7) is 0. The number of nitrogens with two attached hydrogens (primary N) is 1. The Bertz CT molecular complexity index is 1030. The Balaban J connectivity index is 1.72. The Morgan fingerprint density at radius 1 is 0.923 bits per heavy atom. The largest absolute Gasteiger partial charge is 0.375 e. The summed E-state index contributed by atoms with van der Waals surface area (Å²) in [5, 5.41) is 3.60. The monoisotopic (exact) mass is 363 g/mol. The van der Waals surface area contributed by atoms with Crippen molar-refractivity contribution >= 4 is 28.1 Å². The minimum absolute atomic E-state index is 0.296. The number of para-hydroxylation sites is 1. The van der Waals surface area contributed by atoms with Crippen LogP contribution in [0.15, 0.2) is 66.9 Å². The van der Waals surface area contributed by atoms with Crippen LogP contribution < -0.4 is 11.1 Å². The highest BCUT2D eigenvalue weighted by molar-refractivity contribution is 7.19. The Hall–Kier alpha value is -3.32. The molecule has 5 nitrogen and oxygen atoms in total. The molecule has 0 aliphatic rings. The second-order valence-electron chi connectivity index (χ2n) is 5.49. The normalized spacial score (nSPS) is 10.7. The van der Waals surface area contributed by atoms with Gasteiger partial charge in [-0.25, -0.2) is 19.3 Å². The molecule has 4 rings (SSSR count). The second-order valence-corrected chi connectivity index (χ2v) is 6.52. The molecule has 0 amide bonds. The van der Waals surface area contributed by atoms with E-state index < -0.39 is 0 Å². The lowest BCUT2D eigenvalue weighted by molar-refractivity contribution is 0.628. The van der Waals surface area contributed by atoms with Gasteiger partial charge in [-0.1, -0.05) is 29.5 Å². The second kappa shape index (κ2) is 6.89. The maximum absolute atomic E-state index is 13.2. The molecule has 0 radical (unpaired) electrons. The lowest BCUT2D eigenvalue weighted by atomic mass is 10.1. The molecule has 0 saturated heterocycles. The topological polar surface area (TPSA) is 76.7 Å². The summed E-state index contributed by atoms with van der Waals surface area (Å²) in [5.41, 5.74) is 8.98. The zero-order valence-electron chi connectivity index (χ0n) is 13.6. The fourth-order valence-corrected chi connectivity index (χ4v) is 3.33. The van der Waals surface area contributed by atoms with Crippen LogP contribution in [0.25, 0.3) is 21.8 Å². The van der Waals surface area contributed by atoms with Crippen LogP contribution in [0.5, 0.6) is 0 Å². The number of hydrogen-bond acceptors (Lipinski definition) is 6. The fraction of sp³-hybridized carbons (Fsp3) is 0. The highest BCUT2D eigenvalue weighted by Gasteiger charge is 2.15. The molecule has 0 bridgehead atoms. The van der Waals surface area contributed by atoms with E-state index in [2.05, 4.69) is 20.3 Å². The third kappa shape index (κ3) is 3.38. The van der Waals surface area contributed by atoms with Gasteiger partial charge in [0.05, 0.1) is 16.3 Å². The van der Waals surface area contributed by atoms with Crippen molar-refractivity contribution < 1.29 is 4.39 Å². The number of nitrogens with zero attached hydrogens (tertiary/aromatic N) is 3. The standard InChI is InChI=1S/C19H14FN5S/c20-13-8-6-12(7-9-13)16-17(26-18(21)25-16)15-10-11-22-19(24-15)23-14-4-2-1-3-5-14/h1-11H,(H2,21,25)(H,22,23,24). The van der Waals surface area contributed by atoms with Crippen LogP contribution in [0.1, 0.15) is 0 Å². The molecule has 0 spiro atoms. The van der Waals surface area contributed by atoms with Crippen molar-refractivity contribution in [3.63, 3.8) is 0 Å². The first-order valence-electron chi connectivity index (χ1n) is 7.87. The zero-order chi connectivity index (χ0) is 17.9. The van der Waals surface area contributed by atoms with Gasteiger partial charge in [0.2, 0.25) is 5.95 Å². The number of halogens is 1. The van der Waals surface area contributed by atoms with Crippen molar-refractivity contribution in [3.8, 4) is 21.8 Å². The van der Waals surface area contributed by atoms with Gasteiger partial charge in [-0.15, -0.1) is 0 Å². The van der Waals surface area contributed by atoms with Crippen LogP contribution in [0.3, 0.4) is 0 Å². The number of thiazole rings is 1. The summed E-state index contributed by atoms with van der Waals surface area (Å²) < 4.78 is 13.2. The van der Waals surface area contributed by atoms with Crippen LogP contribution >= 0.6 is 11.3 Å². The maximum atomic E-state index is 13.2. The molecule has 0 aliphatic carbocycles. The van der Waals surface area contributed by atoms with Crippen molar-refractivity contribution in [1.82, 2.24) is 15.0 Å². The van der Waals surface area contributed by atoms with E-state index in [0.29, 0.717) is 22.5 Å². The Morgan fingerprint density at radius 2 is 1.69 bits per heavy atom. The number of nitrogens with one attached hydrogen (secondary N) is 1. The lowest BCUT2D eigenvalue weighted by Crippen LogP contribution is -1.97. The highest BCUT2D eigenvalue weighted by Crippen LogP contribution is 2.37. The predicted octanol–water partition coefficient (Wildman–Crippen LogP) is 4.73. The third-order valence-corrected chi connectivity index (χ3v) is 4.59. The molecule has 0 unspecified atom stereocenters. The summed E-state index contributed by atoms with van der Waals surface area (Å²) in [6.07, 6.45) is 1.68. The molecule has 3 N–H and O–H groups in total. The first-order valence-corrected chi connectivity index (χ1v) is 8.68. The van der Waals surface area contributed by atoms with Crippen LogP contribution in [0, 0.1) is 5.82 Å². The summed E-state index contributed by atoms with van der Waals surface area (Å²) >= 11 is 1.34. The van der Waals surface area contributed by atoms with Gasteiger partial charge in [-0.2, -0.15) is 0 Å². The third-order valence-electron chi connectivity index (χ3n) is 3.68. The molecule has 0 fully saturated rings. The first-order chi connectivity index (χ1) is 12.7. The van der Waals surface area contributed by atoms with Gasteiger partial charge in [0.1, 0.15) is 5.82 Å². The van der Waals surface area contributed by atoms with Crippen LogP contribution in [-0.4, -0.2) is 15.0 Å². The fourth-order valence-electron chi connectivity index (χ4n) is 2.51. The van der Waals surface area contributed by atoms with Crippen molar-refractivity contribution in [2.75, 3.05) is 11.1 Å². The number of rotatable bonds is 4.